The number of rotatable bonds is 5. The molecular formula is C43H60N2O2S. The van der Waals surface area contributed by atoms with E-state index in [9.17, 15) is 9.90 Å². The summed E-state index contributed by atoms with van der Waals surface area (Å²) < 4.78 is 0. The SMILES string of the molecule is C=C(C)[C@@H]1CC[C@]2(Nc3nc(C(C)(C)C)cs3)CC[C@]3(C)[C@H](CC[C@@H]4[C@@]5(C)CC=C(c6ccc(C(=O)O)cc6)C(C)(C)[C@@H]5CC[C@]43C)[C@@H]12. The third-order valence-corrected chi connectivity index (χ3v) is 16.5. The minimum atomic E-state index is -0.859. The fourth-order valence-electron chi connectivity index (χ4n) is 13.1. The van der Waals surface area contributed by atoms with Crippen molar-refractivity contribution in [3.63, 3.8) is 0 Å². The number of thiazole rings is 1. The van der Waals surface area contributed by atoms with Crippen LogP contribution in [0.1, 0.15) is 142 Å². The Labute approximate surface area is 294 Å². The predicted octanol–water partition coefficient (Wildman–Crippen LogP) is 11.7. The minimum Gasteiger partial charge on any atom is -0.478 e. The topological polar surface area (TPSA) is 62.2 Å². The van der Waals surface area contributed by atoms with Crippen molar-refractivity contribution in [2.24, 2.45) is 51.2 Å². The first-order valence-electron chi connectivity index (χ1n) is 18.8. The number of benzene rings is 1. The number of nitrogens with one attached hydrogen (secondary N) is 1. The lowest BCUT2D eigenvalue weighted by molar-refractivity contribution is -0.216. The number of aromatic nitrogens is 1. The molecule has 9 atom stereocenters. The van der Waals surface area contributed by atoms with Gasteiger partial charge in [0.25, 0.3) is 0 Å². The summed E-state index contributed by atoms with van der Waals surface area (Å²) >= 11 is 1.81. The van der Waals surface area contributed by atoms with Crippen molar-refractivity contribution >= 4 is 28.0 Å². The molecule has 0 spiro atoms. The number of carboxylic acids is 1. The summed E-state index contributed by atoms with van der Waals surface area (Å²) in [7, 11) is 0. The van der Waals surface area contributed by atoms with Crippen molar-refractivity contribution in [3.8, 4) is 0 Å². The van der Waals surface area contributed by atoms with Gasteiger partial charge in [0.2, 0.25) is 0 Å². The van der Waals surface area contributed by atoms with E-state index >= 15 is 0 Å². The average Bonchev–Trinajstić information content (AvgIpc) is 3.63. The maximum atomic E-state index is 11.6. The molecule has 1 heterocycles. The molecule has 1 aromatic carbocycles. The highest BCUT2D eigenvalue weighted by atomic mass is 32.1. The Balaban J connectivity index is 1.22. The van der Waals surface area contributed by atoms with Gasteiger partial charge in [0.05, 0.1) is 11.3 Å². The van der Waals surface area contributed by atoms with Gasteiger partial charge in [0.1, 0.15) is 0 Å². The number of hydrogen-bond donors (Lipinski definition) is 2. The molecular weight excluding hydrogens is 609 g/mol. The van der Waals surface area contributed by atoms with Gasteiger partial charge in [-0.05, 0) is 139 Å². The number of allylic oxidation sites excluding steroid dienone is 3. The van der Waals surface area contributed by atoms with Crippen molar-refractivity contribution in [3.05, 3.63) is 64.7 Å². The molecule has 0 bridgehead atoms. The molecule has 5 aliphatic carbocycles. The van der Waals surface area contributed by atoms with Crippen molar-refractivity contribution in [1.82, 2.24) is 4.98 Å². The number of fused-ring (bicyclic) bond motifs is 7. The molecule has 0 unspecified atom stereocenters. The number of anilines is 1. The van der Waals surface area contributed by atoms with Crippen LogP contribution in [0.15, 0.2) is 47.9 Å². The maximum absolute atomic E-state index is 11.6. The number of aromatic carboxylic acids is 1. The van der Waals surface area contributed by atoms with Gasteiger partial charge < -0.3 is 10.4 Å². The van der Waals surface area contributed by atoms with E-state index in [4.69, 9.17) is 4.98 Å². The molecule has 5 heteroatoms. The number of nitrogens with zero attached hydrogens (tertiary/aromatic N) is 1. The van der Waals surface area contributed by atoms with Crippen LogP contribution in [0.5, 0.6) is 0 Å². The average molecular weight is 669 g/mol. The van der Waals surface area contributed by atoms with E-state index in [-0.39, 0.29) is 27.2 Å². The lowest BCUT2D eigenvalue weighted by Gasteiger charge is -2.72. The molecule has 260 valence electrons. The smallest absolute Gasteiger partial charge is 0.335 e. The zero-order valence-corrected chi connectivity index (χ0v) is 31.9. The van der Waals surface area contributed by atoms with E-state index in [1.54, 1.807) is 23.5 Å². The first kappa shape index (κ1) is 34.1. The summed E-state index contributed by atoms with van der Waals surface area (Å²) in [5, 5.41) is 17.1. The van der Waals surface area contributed by atoms with Crippen LogP contribution in [-0.4, -0.2) is 21.6 Å². The van der Waals surface area contributed by atoms with E-state index in [0.29, 0.717) is 40.6 Å². The molecule has 1 aromatic heterocycles. The lowest BCUT2D eigenvalue weighted by atomic mass is 9.33. The standard InChI is InChI=1S/C43H60N2O2S/c1-26(2)29-17-22-43(45-37-44-34(25-48-37)38(3,4)5)24-23-41(9)31(35(29)43)15-16-33-40(8)20-18-30(27-11-13-28(14-12-27)36(46)47)39(6,7)32(40)19-21-42(33,41)10/h11-14,18,25,29,31-33,35H,1,15-17,19-24H2,2-10H3,(H,44,45)(H,46,47)/t29-,31+,32-,33+,35+,40-,41+,42+,43-/m0/s1. The van der Waals surface area contributed by atoms with E-state index in [1.807, 2.05) is 12.1 Å². The van der Waals surface area contributed by atoms with Gasteiger partial charge in [-0.2, -0.15) is 0 Å². The molecule has 7 rings (SSSR count). The van der Waals surface area contributed by atoms with Crippen LogP contribution in [0.25, 0.3) is 5.57 Å². The van der Waals surface area contributed by atoms with Gasteiger partial charge in [-0.25, -0.2) is 9.78 Å². The third kappa shape index (κ3) is 4.78. The second-order valence-corrected chi connectivity index (χ2v) is 20.0. The van der Waals surface area contributed by atoms with Crippen LogP contribution in [0, 0.1) is 51.2 Å². The molecule has 4 nitrogen and oxygen atoms in total. The first-order chi connectivity index (χ1) is 22.4. The molecule has 0 radical (unpaired) electrons. The summed E-state index contributed by atoms with van der Waals surface area (Å²) in [4.78, 5) is 16.7. The molecule has 4 fully saturated rings. The van der Waals surface area contributed by atoms with Crippen molar-refractivity contribution < 1.29 is 9.90 Å². The minimum absolute atomic E-state index is 0.0264. The van der Waals surface area contributed by atoms with Crippen LogP contribution in [0.4, 0.5) is 5.13 Å². The zero-order chi connectivity index (χ0) is 34.7. The first-order valence-corrected chi connectivity index (χ1v) is 19.7. The molecule has 0 aliphatic heterocycles. The molecule has 2 N–H and O–H groups in total. The maximum Gasteiger partial charge on any atom is 0.335 e. The van der Waals surface area contributed by atoms with E-state index in [2.05, 4.69) is 85.7 Å². The number of carbonyl (C=O) groups is 1. The van der Waals surface area contributed by atoms with E-state index in [0.717, 1.165) is 11.6 Å². The summed E-state index contributed by atoms with van der Waals surface area (Å²) in [6.45, 7) is 26.8. The fraction of sp³-hybridized carbons (Fsp3) is 0.674. The Morgan fingerprint density at radius 3 is 2.27 bits per heavy atom. The monoisotopic (exact) mass is 668 g/mol. The fourth-order valence-corrected chi connectivity index (χ4v) is 14.2. The summed E-state index contributed by atoms with van der Waals surface area (Å²) in [6, 6.07) is 7.63. The Kier molecular flexibility index (Phi) is 7.84. The zero-order valence-electron chi connectivity index (χ0n) is 31.1. The highest BCUT2D eigenvalue weighted by Gasteiger charge is 2.70. The molecule has 2 aromatic rings. The van der Waals surface area contributed by atoms with Gasteiger partial charge in [0, 0.05) is 16.3 Å². The summed E-state index contributed by atoms with van der Waals surface area (Å²) in [5.41, 5.74) is 6.55. The van der Waals surface area contributed by atoms with Crippen LogP contribution in [0.2, 0.25) is 0 Å². The molecule has 0 saturated heterocycles. The van der Waals surface area contributed by atoms with Crippen LogP contribution < -0.4 is 5.32 Å². The Hall–Kier alpha value is -2.40. The van der Waals surface area contributed by atoms with E-state index in [1.165, 1.54) is 73.8 Å². The summed E-state index contributed by atoms with van der Waals surface area (Å²) in [5.74, 6) is 2.28. The Morgan fingerprint density at radius 2 is 1.65 bits per heavy atom. The third-order valence-electron chi connectivity index (χ3n) is 15.7. The molecule has 0 amide bonds. The largest absolute Gasteiger partial charge is 0.478 e. The van der Waals surface area contributed by atoms with Crippen LogP contribution in [0.3, 0.4) is 0 Å². The Morgan fingerprint density at radius 1 is 0.938 bits per heavy atom. The van der Waals surface area contributed by atoms with Crippen molar-refractivity contribution in [2.45, 2.75) is 131 Å². The normalized spacial score (nSPS) is 40.1. The van der Waals surface area contributed by atoms with Gasteiger partial charge in [-0.3, -0.25) is 0 Å². The Bertz CT molecular complexity index is 1640. The van der Waals surface area contributed by atoms with Gasteiger partial charge >= 0.3 is 5.97 Å². The molecule has 48 heavy (non-hydrogen) atoms. The second-order valence-electron chi connectivity index (χ2n) is 19.2. The second kappa shape index (κ2) is 11.0. The highest BCUT2D eigenvalue weighted by Crippen LogP contribution is 2.77. The predicted molar refractivity (Wildman–Crippen MR) is 200 cm³/mol. The lowest BCUT2D eigenvalue weighted by Crippen LogP contribution is -2.67. The van der Waals surface area contributed by atoms with Crippen LogP contribution >= 0.6 is 11.3 Å². The van der Waals surface area contributed by atoms with E-state index < -0.39 is 5.97 Å². The highest BCUT2D eigenvalue weighted by molar-refractivity contribution is 7.13. The number of carboxylic acid groups (broad SMARTS) is 1. The van der Waals surface area contributed by atoms with Gasteiger partial charge in [0.15, 0.2) is 5.13 Å². The van der Waals surface area contributed by atoms with Gasteiger partial charge in [-0.1, -0.05) is 85.8 Å². The number of hydrogen-bond acceptors (Lipinski definition) is 4. The van der Waals surface area contributed by atoms with Gasteiger partial charge in [-0.15, -0.1) is 11.3 Å². The quantitative estimate of drug-likeness (QED) is 0.311. The molecule has 4 saturated carbocycles. The summed E-state index contributed by atoms with van der Waals surface area (Å²) in [6.07, 6.45) is 13.8. The molecule has 5 aliphatic rings. The van der Waals surface area contributed by atoms with Crippen LogP contribution in [-0.2, 0) is 5.41 Å². The van der Waals surface area contributed by atoms with Crippen molar-refractivity contribution in [2.75, 3.05) is 5.32 Å². The van der Waals surface area contributed by atoms with Crippen molar-refractivity contribution in [1.29, 1.82) is 0 Å².